The predicted molar refractivity (Wildman–Crippen MR) is 94.7 cm³/mol. The van der Waals surface area contributed by atoms with Gasteiger partial charge in [-0.15, -0.1) is 10.2 Å². The van der Waals surface area contributed by atoms with Gasteiger partial charge in [-0.05, 0) is 18.6 Å². The van der Waals surface area contributed by atoms with Gasteiger partial charge in [0, 0.05) is 13.5 Å². The number of nitrogens with zero attached hydrogens (tertiary/aromatic N) is 3. The molecule has 0 spiro atoms. The number of unbranched alkanes of at least 4 members (excludes halogenated alkanes) is 4. The third-order valence-electron chi connectivity index (χ3n) is 3.80. The highest BCUT2D eigenvalue weighted by atomic mass is 32.2. The molecule has 24 heavy (non-hydrogen) atoms. The molecule has 0 bridgehead atoms. The summed E-state index contributed by atoms with van der Waals surface area (Å²) in [4.78, 5) is 11.9. The normalized spacial score (nSPS) is 10.9. The lowest BCUT2D eigenvalue weighted by molar-refractivity contribution is -0.118. The summed E-state index contributed by atoms with van der Waals surface area (Å²) in [5.74, 6) is 2.02. The van der Waals surface area contributed by atoms with E-state index in [4.69, 9.17) is 4.42 Å². The topological polar surface area (TPSA) is 73.0 Å². The van der Waals surface area contributed by atoms with Crippen LogP contribution in [0.5, 0.6) is 0 Å². The van der Waals surface area contributed by atoms with Crippen LogP contribution in [0.1, 0.15) is 50.6 Å². The molecule has 132 valence electrons. The fourth-order valence-corrected chi connectivity index (χ4v) is 3.11. The smallest absolute Gasteiger partial charge is 0.230 e. The Morgan fingerprint density at radius 1 is 1.29 bits per heavy atom. The molecule has 0 radical (unpaired) electrons. The minimum absolute atomic E-state index is 0.0412. The van der Waals surface area contributed by atoms with E-state index in [0.29, 0.717) is 12.3 Å². The summed E-state index contributed by atoms with van der Waals surface area (Å²) in [7, 11) is 1.96. The zero-order valence-corrected chi connectivity index (χ0v) is 15.3. The number of nitrogens with one attached hydrogen (secondary N) is 1. The molecular formula is C17H26N4O2S. The molecule has 0 aromatic carbocycles. The SMILES string of the molecule is CCCCCCCc1nnc(SCC(=O)NCc2ccco2)n1C. The van der Waals surface area contributed by atoms with Crippen molar-refractivity contribution in [3.63, 3.8) is 0 Å². The maximum atomic E-state index is 11.9. The number of hydrogen-bond donors (Lipinski definition) is 1. The second-order valence-corrected chi connectivity index (χ2v) is 6.71. The molecule has 0 aliphatic heterocycles. The zero-order chi connectivity index (χ0) is 17.2. The van der Waals surface area contributed by atoms with Crippen molar-refractivity contribution < 1.29 is 9.21 Å². The first-order valence-electron chi connectivity index (χ1n) is 8.51. The highest BCUT2D eigenvalue weighted by Crippen LogP contribution is 2.16. The zero-order valence-electron chi connectivity index (χ0n) is 14.5. The van der Waals surface area contributed by atoms with Crippen LogP contribution in [-0.4, -0.2) is 26.4 Å². The van der Waals surface area contributed by atoms with Crippen LogP contribution in [0.25, 0.3) is 0 Å². The van der Waals surface area contributed by atoms with Gasteiger partial charge in [-0.1, -0.05) is 44.4 Å². The van der Waals surface area contributed by atoms with Gasteiger partial charge in [0.05, 0.1) is 18.6 Å². The molecule has 6 nitrogen and oxygen atoms in total. The Bertz CT molecular complexity index is 610. The number of aromatic nitrogens is 3. The molecule has 0 aliphatic carbocycles. The van der Waals surface area contributed by atoms with E-state index >= 15 is 0 Å². The quantitative estimate of drug-likeness (QED) is 0.497. The molecule has 0 saturated heterocycles. The molecule has 1 N–H and O–H groups in total. The van der Waals surface area contributed by atoms with Crippen LogP contribution < -0.4 is 5.32 Å². The monoisotopic (exact) mass is 350 g/mol. The molecular weight excluding hydrogens is 324 g/mol. The second-order valence-electron chi connectivity index (χ2n) is 5.77. The van der Waals surface area contributed by atoms with Crippen molar-refractivity contribution in [1.82, 2.24) is 20.1 Å². The van der Waals surface area contributed by atoms with E-state index in [2.05, 4.69) is 22.4 Å². The van der Waals surface area contributed by atoms with Gasteiger partial charge in [0.15, 0.2) is 5.16 Å². The minimum atomic E-state index is -0.0412. The van der Waals surface area contributed by atoms with Crippen molar-refractivity contribution in [2.45, 2.75) is 57.1 Å². The van der Waals surface area contributed by atoms with Gasteiger partial charge in [0.1, 0.15) is 11.6 Å². The van der Waals surface area contributed by atoms with Crippen molar-refractivity contribution in [1.29, 1.82) is 0 Å². The Kier molecular flexibility index (Phi) is 7.88. The number of furan rings is 1. The van der Waals surface area contributed by atoms with E-state index in [1.54, 1.807) is 12.3 Å². The van der Waals surface area contributed by atoms with Gasteiger partial charge in [-0.2, -0.15) is 0 Å². The van der Waals surface area contributed by atoms with Crippen LogP contribution in [0.4, 0.5) is 0 Å². The van der Waals surface area contributed by atoms with Crippen molar-refractivity contribution in [3.05, 3.63) is 30.0 Å². The van der Waals surface area contributed by atoms with Crippen LogP contribution in [-0.2, 0) is 24.8 Å². The van der Waals surface area contributed by atoms with E-state index in [-0.39, 0.29) is 5.91 Å². The Morgan fingerprint density at radius 3 is 2.88 bits per heavy atom. The number of amides is 1. The molecule has 2 aromatic rings. The Hall–Kier alpha value is -1.76. The van der Waals surface area contributed by atoms with Gasteiger partial charge < -0.3 is 14.3 Å². The maximum Gasteiger partial charge on any atom is 0.230 e. The first-order chi connectivity index (χ1) is 11.7. The van der Waals surface area contributed by atoms with Gasteiger partial charge in [-0.3, -0.25) is 4.79 Å². The Labute approximate surface area is 147 Å². The van der Waals surface area contributed by atoms with Crippen molar-refractivity contribution in [3.8, 4) is 0 Å². The summed E-state index contributed by atoms with van der Waals surface area (Å²) in [5, 5.41) is 12.0. The second kappa shape index (κ2) is 10.2. The highest BCUT2D eigenvalue weighted by molar-refractivity contribution is 7.99. The standard InChI is InChI=1S/C17H26N4O2S/c1-3-4-5-6-7-10-15-19-20-17(21(15)2)24-13-16(22)18-12-14-9-8-11-23-14/h8-9,11H,3-7,10,12-13H2,1-2H3,(H,18,22). The largest absolute Gasteiger partial charge is 0.467 e. The maximum absolute atomic E-state index is 11.9. The third-order valence-corrected chi connectivity index (χ3v) is 4.82. The lowest BCUT2D eigenvalue weighted by Crippen LogP contribution is -2.24. The number of thioether (sulfide) groups is 1. The van der Waals surface area contributed by atoms with Crippen molar-refractivity contribution >= 4 is 17.7 Å². The van der Waals surface area contributed by atoms with Crippen molar-refractivity contribution in [2.24, 2.45) is 7.05 Å². The summed E-state index contributed by atoms with van der Waals surface area (Å²) in [5.41, 5.74) is 0. The van der Waals surface area contributed by atoms with Gasteiger partial charge >= 0.3 is 0 Å². The van der Waals surface area contributed by atoms with Crippen LogP contribution >= 0.6 is 11.8 Å². The summed E-state index contributed by atoms with van der Waals surface area (Å²) in [6, 6.07) is 3.64. The predicted octanol–water partition coefficient (Wildman–Crippen LogP) is 3.33. The Morgan fingerprint density at radius 2 is 2.12 bits per heavy atom. The number of aryl methyl sites for hydroxylation is 1. The lowest BCUT2D eigenvalue weighted by atomic mass is 10.1. The van der Waals surface area contributed by atoms with E-state index < -0.39 is 0 Å². The van der Waals surface area contributed by atoms with Gasteiger partial charge in [-0.25, -0.2) is 0 Å². The van der Waals surface area contributed by atoms with E-state index in [0.717, 1.165) is 29.6 Å². The van der Waals surface area contributed by atoms with E-state index in [1.807, 2.05) is 17.7 Å². The number of carbonyl (C=O) groups excluding carboxylic acids is 1. The van der Waals surface area contributed by atoms with Gasteiger partial charge in [0.25, 0.3) is 0 Å². The van der Waals surface area contributed by atoms with E-state index in [1.165, 1.54) is 37.4 Å². The average molecular weight is 350 g/mol. The number of rotatable bonds is 11. The first-order valence-corrected chi connectivity index (χ1v) is 9.49. The molecule has 0 fully saturated rings. The number of hydrogen-bond acceptors (Lipinski definition) is 5. The molecule has 2 heterocycles. The number of carbonyl (C=O) groups is 1. The highest BCUT2D eigenvalue weighted by Gasteiger charge is 2.11. The van der Waals surface area contributed by atoms with Crippen LogP contribution in [0.3, 0.4) is 0 Å². The molecule has 0 unspecified atom stereocenters. The minimum Gasteiger partial charge on any atom is -0.467 e. The molecule has 2 aromatic heterocycles. The fourth-order valence-electron chi connectivity index (χ4n) is 2.36. The lowest BCUT2D eigenvalue weighted by Gasteiger charge is -2.05. The van der Waals surface area contributed by atoms with Crippen LogP contribution in [0.15, 0.2) is 28.0 Å². The summed E-state index contributed by atoms with van der Waals surface area (Å²) in [6.07, 6.45) is 8.75. The molecule has 2 rings (SSSR count). The molecule has 0 aliphatic rings. The Balaban J connectivity index is 1.69. The van der Waals surface area contributed by atoms with Crippen LogP contribution in [0, 0.1) is 0 Å². The molecule has 0 saturated carbocycles. The summed E-state index contributed by atoms with van der Waals surface area (Å²) >= 11 is 1.41. The summed E-state index contributed by atoms with van der Waals surface area (Å²) < 4.78 is 7.17. The summed E-state index contributed by atoms with van der Waals surface area (Å²) in [6.45, 7) is 2.63. The molecule has 1 amide bonds. The van der Waals surface area contributed by atoms with Gasteiger partial charge in [0.2, 0.25) is 5.91 Å². The van der Waals surface area contributed by atoms with Crippen molar-refractivity contribution in [2.75, 3.05) is 5.75 Å². The first kappa shape index (κ1) is 18.6. The van der Waals surface area contributed by atoms with E-state index in [9.17, 15) is 4.79 Å². The van der Waals surface area contributed by atoms with Crippen LogP contribution in [0.2, 0.25) is 0 Å². The third kappa shape index (κ3) is 6.03. The molecule has 0 atom stereocenters. The fraction of sp³-hybridized carbons (Fsp3) is 0.588. The molecule has 7 heteroatoms. The average Bonchev–Trinajstić information content (AvgIpc) is 3.21.